The molecule has 0 aliphatic rings. The van der Waals surface area contributed by atoms with Gasteiger partial charge in [0.25, 0.3) is 11.6 Å². The molecule has 98 valence electrons. The molecule has 1 rings (SSSR count). The van der Waals surface area contributed by atoms with E-state index in [0.29, 0.717) is 17.9 Å². The van der Waals surface area contributed by atoms with E-state index in [1.54, 1.807) is 19.9 Å². The summed E-state index contributed by atoms with van der Waals surface area (Å²) in [5, 5.41) is 13.3. The van der Waals surface area contributed by atoms with Crippen molar-refractivity contribution in [1.29, 1.82) is 0 Å². The second-order valence-corrected chi connectivity index (χ2v) is 3.86. The number of ether oxygens (including phenoxy) is 1. The fraction of sp³-hybridized carbons (Fsp3) is 0.417. The van der Waals surface area contributed by atoms with Crippen molar-refractivity contribution < 1.29 is 14.5 Å². The second kappa shape index (κ2) is 6.00. The topological polar surface area (TPSA) is 81.5 Å². The van der Waals surface area contributed by atoms with E-state index < -0.39 is 11.0 Å². The minimum atomic E-state index is -0.634. The highest BCUT2D eigenvalue weighted by Gasteiger charge is 2.15. The average Bonchev–Trinajstić information content (AvgIpc) is 2.28. The van der Waals surface area contributed by atoms with Gasteiger partial charge in [0, 0.05) is 18.2 Å². The van der Waals surface area contributed by atoms with Gasteiger partial charge in [-0.15, -0.1) is 0 Å². The van der Waals surface area contributed by atoms with Crippen LogP contribution in [-0.4, -0.2) is 23.5 Å². The Bertz CT molecular complexity index is 459. The number of hydrogen-bond acceptors (Lipinski definition) is 4. The summed E-state index contributed by atoms with van der Waals surface area (Å²) >= 11 is 0. The van der Waals surface area contributed by atoms with E-state index in [1.165, 1.54) is 12.1 Å². The molecule has 0 spiro atoms. The molecule has 0 aromatic heterocycles. The van der Waals surface area contributed by atoms with E-state index in [0.717, 1.165) is 0 Å². The summed E-state index contributed by atoms with van der Waals surface area (Å²) in [6, 6.07) is 4.41. The molecule has 0 saturated heterocycles. The van der Waals surface area contributed by atoms with Crippen LogP contribution in [0.15, 0.2) is 18.2 Å². The maximum absolute atomic E-state index is 11.5. The van der Waals surface area contributed by atoms with Crippen molar-refractivity contribution in [3.05, 3.63) is 33.9 Å². The molecule has 0 aliphatic carbocycles. The highest BCUT2D eigenvalue weighted by atomic mass is 16.6. The van der Waals surface area contributed by atoms with Crippen molar-refractivity contribution in [2.24, 2.45) is 0 Å². The van der Waals surface area contributed by atoms with Crippen molar-refractivity contribution in [1.82, 2.24) is 5.32 Å². The minimum Gasteiger partial charge on any atom is -0.481 e. The van der Waals surface area contributed by atoms with Crippen molar-refractivity contribution in [2.45, 2.75) is 26.9 Å². The first-order valence-electron chi connectivity index (χ1n) is 5.65. The zero-order chi connectivity index (χ0) is 13.7. The van der Waals surface area contributed by atoms with Crippen LogP contribution in [0.4, 0.5) is 5.69 Å². The molecule has 0 fully saturated rings. The van der Waals surface area contributed by atoms with Crippen LogP contribution in [0, 0.1) is 17.0 Å². The van der Waals surface area contributed by atoms with E-state index in [1.807, 2.05) is 6.92 Å². The Morgan fingerprint density at radius 1 is 1.56 bits per heavy atom. The van der Waals surface area contributed by atoms with Crippen molar-refractivity contribution in [3.63, 3.8) is 0 Å². The fourth-order valence-electron chi connectivity index (χ4n) is 1.48. The predicted octanol–water partition coefficient (Wildman–Crippen LogP) is 1.81. The molecule has 0 radical (unpaired) electrons. The van der Waals surface area contributed by atoms with Crippen LogP contribution < -0.4 is 10.1 Å². The summed E-state index contributed by atoms with van der Waals surface area (Å²) in [6.07, 6.45) is -0.634. The molecule has 6 nitrogen and oxygen atoms in total. The smallest absolute Gasteiger partial charge is 0.272 e. The zero-order valence-corrected chi connectivity index (χ0v) is 10.6. The van der Waals surface area contributed by atoms with Crippen LogP contribution in [0.3, 0.4) is 0 Å². The molecule has 1 N–H and O–H groups in total. The lowest BCUT2D eigenvalue weighted by Crippen LogP contribution is -2.36. The van der Waals surface area contributed by atoms with Gasteiger partial charge in [-0.25, -0.2) is 0 Å². The summed E-state index contributed by atoms with van der Waals surface area (Å²) in [5.74, 6) is 0.227. The molecule has 0 aliphatic heterocycles. The van der Waals surface area contributed by atoms with Gasteiger partial charge in [-0.3, -0.25) is 14.9 Å². The lowest BCUT2D eigenvalue weighted by atomic mass is 10.2. The Kier molecular flexibility index (Phi) is 4.65. The number of nitro groups is 1. The monoisotopic (exact) mass is 252 g/mol. The number of nitrogens with one attached hydrogen (secondary N) is 1. The van der Waals surface area contributed by atoms with Crippen LogP contribution in [0.2, 0.25) is 0 Å². The van der Waals surface area contributed by atoms with Crippen molar-refractivity contribution in [2.75, 3.05) is 6.54 Å². The molecule has 18 heavy (non-hydrogen) atoms. The number of nitrogens with zero attached hydrogens (tertiary/aromatic N) is 1. The van der Waals surface area contributed by atoms with Gasteiger partial charge >= 0.3 is 0 Å². The van der Waals surface area contributed by atoms with E-state index in [4.69, 9.17) is 4.74 Å². The van der Waals surface area contributed by atoms with Gasteiger partial charge in [0.05, 0.1) is 4.92 Å². The number of rotatable bonds is 5. The molecular weight excluding hydrogens is 236 g/mol. The van der Waals surface area contributed by atoms with Gasteiger partial charge in [0.1, 0.15) is 5.75 Å². The van der Waals surface area contributed by atoms with Crippen molar-refractivity contribution >= 4 is 11.6 Å². The fourth-order valence-corrected chi connectivity index (χ4v) is 1.48. The number of likely N-dealkylation sites (N-methyl/N-ethyl adjacent to an activating group) is 1. The predicted molar refractivity (Wildman–Crippen MR) is 66.6 cm³/mol. The lowest BCUT2D eigenvalue weighted by molar-refractivity contribution is -0.385. The first-order valence-corrected chi connectivity index (χ1v) is 5.65. The van der Waals surface area contributed by atoms with Gasteiger partial charge in [0.15, 0.2) is 6.10 Å². The number of carbonyl (C=O) groups is 1. The molecule has 6 heteroatoms. The molecule has 1 aromatic rings. The Balaban J connectivity index is 2.77. The van der Waals surface area contributed by atoms with Crippen LogP contribution >= 0.6 is 0 Å². The quantitative estimate of drug-likeness (QED) is 0.640. The van der Waals surface area contributed by atoms with Gasteiger partial charge in [-0.2, -0.15) is 0 Å². The van der Waals surface area contributed by atoms with Gasteiger partial charge in [0.2, 0.25) is 0 Å². The summed E-state index contributed by atoms with van der Waals surface area (Å²) in [7, 11) is 0. The Labute approximate surface area is 105 Å². The summed E-state index contributed by atoms with van der Waals surface area (Å²) in [5.41, 5.74) is 0.536. The van der Waals surface area contributed by atoms with Crippen LogP contribution in [0.5, 0.6) is 5.75 Å². The first kappa shape index (κ1) is 14.0. The standard InChI is InChI=1S/C12H16N2O4/c1-4-13-12(15)9(3)18-10-5-6-11(14(16)17)8(2)7-10/h5-7,9H,4H2,1-3H3,(H,13,15)/t9-/m1/s1. The lowest BCUT2D eigenvalue weighted by Gasteiger charge is -2.14. The van der Waals surface area contributed by atoms with E-state index in [-0.39, 0.29) is 11.6 Å². The van der Waals surface area contributed by atoms with E-state index in [9.17, 15) is 14.9 Å². The number of carbonyl (C=O) groups excluding carboxylic acids is 1. The SMILES string of the molecule is CCNC(=O)[C@@H](C)Oc1ccc([N+](=O)[O-])c(C)c1. The molecule has 1 atom stereocenters. The molecule has 0 heterocycles. The van der Waals surface area contributed by atoms with Crippen molar-refractivity contribution in [3.8, 4) is 5.75 Å². The number of aryl methyl sites for hydroxylation is 1. The number of benzene rings is 1. The second-order valence-electron chi connectivity index (χ2n) is 3.86. The Morgan fingerprint density at radius 3 is 2.72 bits per heavy atom. The number of hydrogen-bond donors (Lipinski definition) is 1. The molecule has 1 amide bonds. The van der Waals surface area contributed by atoms with Gasteiger partial charge < -0.3 is 10.1 Å². The minimum absolute atomic E-state index is 0.0352. The zero-order valence-electron chi connectivity index (χ0n) is 10.6. The number of nitro benzene ring substituents is 1. The Morgan fingerprint density at radius 2 is 2.22 bits per heavy atom. The molecule has 0 unspecified atom stereocenters. The average molecular weight is 252 g/mol. The summed E-state index contributed by atoms with van der Waals surface area (Å²) in [6.45, 7) is 5.61. The third-order valence-corrected chi connectivity index (χ3v) is 2.40. The van der Waals surface area contributed by atoms with Gasteiger partial charge in [-0.05, 0) is 32.9 Å². The van der Waals surface area contributed by atoms with Crippen LogP contribution in [0.1, 0.15) is 19.4 Å². The third kappa shape index (κ3) is 3.44. The third-order valence-electron chi connectivity index (χ3n) is 2.40. The van der Waals surface area contributed by atoms with Crippen LogP contribution in [0.25, 0.3) is 0 Å². The maximum Gasteiger partial charge on any atom is 0.272 e. The highest BCUT2D eigenvalue weighted by molar-refractivity contribution is 5.80. The molecule has 0 bridgehead atoms. The first-order chi connectivity index (χ1) is 8.45. The Hall–Kier alpha value is -2.11. The van der Waals surface area contributed by atoms with E-state index in [2.05, 4.69) is 5.32 Å². The molecule has 1 aromatic carbocycles. The van der Waals surface area contributed by atoms with Gasteiger partial charge in [-0.1, -0.05) is 0 Å². The van der Waals surface area contributed by atoms with Crippen LogP contribution in [-0.2, 0) is 4.79 Å². The van der Waals surface area contributed by atoms with E-state index >= 15 is 0 Å². The molecule has 0 saturated carbocycles. The maximum atomic E-state index is 11.5. The molecular formula is C12H16N2O4. The summed E-state index contributed by atoms with van der Waals surface area (Å²) in [4.78, 5) is 21.7. The largest absolute Gasteiger partial charge is 0.481 e. The normalized spacial score (nSPS) is 11.7. The summed E-state index contributed by atoms with van der Waals surface area (Å²) < 4.78 is 5.41. The highest BCUT2D eigenvalue weighted by Crippen LogP contribution is 2.23. The number of amides is 1.